The van der Waals surface area contributed by atoms with Crippen LogP contribution >= 0.6 is 15.9 Å². The second-order valence-electron chi connectivity index (χ2n) is 5.50. The number of aryl methyl sites for hydroxylation is 2. The fraction of sp³-hybridized carbons (Fsp3) is 0.158. The van der Waals surface area contributed by atoms with E-state index in [1.165, 1.54) is 13.2 Å². The predicted molar refractivity (Wildman–Crippen MR) is 100 cm³/mol. The van der Waals surface area contributed by atoms with Crippen molar-refractivity contribution in [2.24, 2.45) is 0 Å². The summed E-state index contributed by atoms with van der Waals surface area (Å²) in [6.45, 7) is 3.81. The Morgan fingerprint density at radius 3 is 2.68 bits per heavy atom. The molecule has 0 aliphatic carbocycles. The zero-order valence-corrected chi connectivity index (χ0v) is 15.6. The first-order chi connectivity index (χ1) is 11.8. The van der Waals surface area contributed by atoms with E-state index in [-0.39, 0.29) is 17.1 Å². The van der Waals surface area contributed by atoms with E-state index in [4.69, 9.17) is 4.74 Å². The Morgan fingerprint density at radius 2 is 2.04 bits per heavy atom. The molecule has 0 saturated heterocycles. The highest BCUT2D eigenvalue weighted by Gasteiger charge is 2.13. The normalized spacial score (nSPS) is 10.9. The van der Waals surface area contributed by atoms with E-state index in [2.05, 4.69) is 21.2 Å². The van der Waals surface area contributed by atoms with Crippen LogP contribution < -0.4 is 10.1 Å². The van der Waals surface area contributed by atoms with Crippen molar-refractivity contribution < 1.29 is 14.6 Å². The van der Waals surface area contributed by atoms with Crippen LogP contribution in [0.4, 0.5) is 5.69 Å². The van der Waals surface area contributed by atoms with E-state index in [0.717, 1.165) is 11.1 Å². The Hall–Kier alpha value is -2.78. The number of methoxy groups -OCH3 is 1. The van der Waals surface area contributed by atoms with Gasteiger partial charge in [0.05, 0.1) is 11.6 Å². The van der Waals surface area contributed by atoms with Crippen molar-refractivity contribution in [3.63, 3.8) is 0 Å². The SMILES string of the molecule is COc1cc(/C=C(\C#N)C(=O)Nc2cc(C)ccc2C)cc(Br)c1O. The molecule has 0 aliphatic heterocycles. The second-order valence-corrected chi connectivity index (χ2v) is 6.35. The molecule has 2 rings (SSSR count). The number of nitriles is 1. The van der Waals surface area contributed by atoms with Crippen molar-refractivity contribution >= 4 is 33.6 Å². The fourth-order valence-corrected chi connectivity index (χ4v) is 2.67. The van der Waals surface area contributed by atoms with Crippen molar-refractivity contribution in [3.8, 4) is 17.6 Å². The summed E-state index contributed by atoms with van der Waals surface area (Å²) in [6.07, 6.45) is 1.44. The van der Waals surface area contributed by atoms with Gasteiger partial charge in [0.1, 0.15) is 11.6 Å². The molecule has 0 bridgehead atoms. The first kappa shape index (κ1) is 18.6. The summed E-state index contributed by atoms with van der Waals surface area (Å²) >= 11 is 3.22. The van der Waals surface area contributed by atoms with E-state index >= 15 is 0 Å². The molecule has 0 aromatic heterocycles. The molecule has 0 spiro atoms. The number of phenols is 1. The summed E-state index contributed by atoms with van der Waals surface area (Å²) in [5, 5.41) is 21.9. The third-order valence-corrected chi connectivity index (χ3v) is 4.19. The van der Waals surface area contributed by atoms with Gasteiger partial charge in [-0.1, -0.05) is 12.1 Å². The van der Waals surface area contributed by atoms with Gasteiger partial charge in [-0.2, -0.15) is 5.26 Å². The first-order valence-corrected chi connectivity index (χ1v) is 8.22. The number of anilines is 1. The summed E-state index contributed by atoms with van der Waals surface area (Å²) in [5.74, 6) is -0.301. The summed E-state index contributed by atoms with van der Waals surface area (Å²) in [7, 11) is 1.42. The lowest BCUT2D eigenvalue weighted by molar-refractivity contribution is -0.112. The van der Waals surface area contributed by atoms with Crippen LogP contribution in [-0.2, 0) is 4.79 Å². The number of rotatable bonds is 4. The number of nitrogens with zero attached hydrogens (tertiary/aromatic N) is 1. The van der Waals surface area contributed by atoms with Crippen LogP contribution in [0.3, 0.4) is 0 Å². The fourth-order valence-electron chi connectivity index (χ4n) is 2.21. The molecule has 128 valence electrons. The van der Waals surface area contributed by atoms with Crippen molar-refractivity contribution in [2.45, 2.75) is 13.8 Å². The molecule has 2 N–H and O–H groups in total. The van der Waals surface area contributed by atoms with Crippen LogP contribution in [0.15, 0.2) is 40.4 Å². The van der Waals surface area contributed by atoms with Gasteiger partial charge in [0.2, 0.25) is 0 Å². The van der Waals surface area contributed by atoms with Crippen LogP contribution in [0.2, 0.25) is 0 Å². The minimum atomic E-state index is -0.501. The van der Waals surface area contributed by atoms with Crippen LogP contribution in [0, 0.1) is 25.2 Å². The number of carbonyl (C=O) groups is 1. The van der Waals surface area contributed by atoms with Gasteiger partial charge in [0, 0.05) is 5.69 Å². The number of hydrogen-bond acceptors (Lipinski definition) is 4. The van der Waals surface area contributed by atoms with E-state index in [0.29, 0.717) is 15.7 Å². The Labute approximate surface area is 154 Å². The maximum absolute atomic E-state index is 12.4. The lowest BCUT2D eigenvalue weighted by atomic mass is 10.1. The number of aromatic hydroxyl groups is 1. The van der Waals surface area contributed by atoms with E-state index in [1.807, 2.05) is 38.1 Å². The summed E-state index contributed by atoms with van der Waals surface area (Å²) in [6, 6.07) is 10.8. The molecular weight excluding hydrogens is 384 g/mol. The van der Waals surface area contributed by atoms with Crippen molar-refractivity contribution in [3.05, 3.63) is 57.1 Å². The molecule has 5 nitrogen and oxygen atoms in total. The Kier molecular flexibility index (Phi) is 5.84. The number of carbonyl (C=O) groups excluding carboxylic acids is 1. The largest absolute Gasteiger partial charge is 0.503 e. The molecular formula is C19H17BrN2O3. The minimum absolute atomic E-state index is 0.0435. The van der Waals surface area contributed by atoms with Crippen LogP contribution in [0.25, 0.3) is 6.08 Å². The Balaban J connectivity index is 2.34. The van der Waals surface area contributed by atoms with Gasteiger partial charge < -0.3 is 15.2 Å². The zero-order valence-electron chi connectivity index (χ0n) is 14.1. The average molecular weight is 401 g/mol. The van der Waals surface area contributed by atoms with E-state index in [1.54, 1.807) is 12.1 Å². The molecule has 0 aliphatic rings. The van der Waals surface area contributed by atoms with E-state index in [9.17, 15) is 15.2 Å². The molecule has 0 heterocycles. The number of hydrogen-bond donors (Lipinski definition) is 2. The van der Waals surface area contributed by atoms with E-state index < -0.39 is 5.91 Å². The highest BCUT2D eigenvalue weighted by molar-refractivity contribution is 9.10. The molecule has 0 radical (unpaired) electrons. The Bertz CT molecular complexity index is 898. The molecule has 6 heteroatoms. The molecule has 0 atom stereocenters. The summed E-state index contributed by atoms with van der Waals surface area (Å²) in [5.41, 5.74) is 3.08. The van der Waals surface area contributed by atoms with Crippen molar-refractivity contribution in [2.75, 3.05) is 12.4 Å². The van der Waals surface area contributed by atoms with Crippen molar-refractivity contribution in [1.29, 1.82) is 5.26 Å². The highest BCUT2D eigenvalue weighted by atomic mass is 79.9. The van der Waals surface area contributed by atoms with Gasteiger partial charge in [0.15, 0.2) is 11.5 Å². The number of benzene rings is 2. The van der Waals surface area contributed by atoms with Crippen LogP contribution in [-0.4, -0.2) is 18.1 Å². The summed E-state index contributed by atoms with van der Waals surface area (Å²) < 4.78 is 5.48. The maximum Gasteiger partial charge on any atom is 0.266 e. The van der Waals surface area contributed by atoms with Gasteiger partial charge in [0.25, 0.3) is 5.91 Å². The molecule has 0 fully saturated rings. The quantitative estimate of drug-likeness (QED) is 0.590. The highest BCUT2D eigenvalue weighted by Crippen LogP contribution is 2.35. The third-order valence-electron chi connectivity index (χ3n) is 3.59. The third kappa shape index (κ3) is 4.40. The average Bonchev–Trinajstić information content (AvgIpc) is 2.58. The molecule has 25 heavy (non-hydrogen) atoms. The molecule has 0 unspecified atom stereocenters. The van der Waals surface area contributed by atoms with Gasteiger partial charge in [-0.05, 0) is 70.7 Å². The predicted octanol–water partition coefficient (Wildman–Crippen LogP) is 4.33. The van der Waals surface area contributed by atoms with Gasteiger partial charge in [-0.15, -0.1) is 0 Å². The Morgan fingerprint density at radius 1 is 1.32 bits per heavy atom. The minimum Gasteiger partial charge on any atom is -0.503 e. The second kappa shape index (κ2) is 7.86. The molecule has 2 aromatic carbocycles. The first-order valence-electron chi connectivity index (χ1n) is 7.42. The monoisotopic (exact) mass is 400 g/mol. The van der Waals surface area contributed by atoms with Crippen LogP contribution in [0.5, 0.6) is 11.5 Å². The standard InChI is InChI=1S/C19H17BrN2O3/c1-11-4-5-12(2)16(6-11)22-19(24)14(10-21)7-13-8-15(20)18(23)17(9-13)25-3/h4-9,23H,1-3H3,(H,22,24)/b14-7+. The smallest absolute Gasteiger partial charge is 0.266 e. The van der Waals surface area contributed by atoms with Gasteiger partial charge in [-0.25, -0.2) is 0 Å². The lowest BCUT2D eigenvalue weighted by Crippen LogP contribution is -2.14. The molecule has 2 aromatic rings. The van der Waals surface area contributed by atoms with Crippen molar-refractivity contribution in [1.82, 2.24) is 0 Å². The number of nitrogens with one attached hydrogen (secondary N) is 1. The molecule has 0 saturated carbocycles. The van der Waals surface area contributed by atoms with Crippen LogP contribution in [0.1, 0.15) is 16.7 Å². The topological polar surface area (TPSA) is 82.3 Å². The number of halogens is 1. The summed E-state index contributed by atoms with van der Waals surface area (Å²) in [4.78, 5) is 12.4. The van der Waals surface area contributed by atoms with Gasteiger partial charge in [-0.3, -0.25) is 4.79 Å². The number of ether oxygens (including phenoxy) is 1. The number of phenolic OH excluding ortho intramolecular Hbond substituents is 1. The maximum atomic E-state index is 12.4. The van der Waals surface area contributed by atoms with Gasteiger partial charge >= 0.3 is 0 Å². The molecule has 1 amide bonds. The lowest BCUT2D eigenvalue weighted by Gasteiger charge is -2.09. The number of amides is 1. The zero-order chi connectivity index (χ0) is 18.6.